The summed E-state index contributed by atoms with van der Waals surface area (Å²) in [5.41, 5.74) is 0. The van der Waals surface area contributed by atoms with E-state index >= 15 is 0 Å². The maximum absolute atomic E-state index is 4.29. The summed E-state index contributed by atoms with van der Waals surface area (Å²) in [4.78, 5) is 9.46. The van der Waals surface area contributed by atoms with E-state index < -0.39 is 0 Å². The van der Waals surface area contributed by atoms with E-state index in [4.69, 9.17) is 0 Å². The van der Waals surface area contributed by atoms with Crippen molar-refractivity contribution in [2.45, 2.75) is 30.6 Å². The Labute approximate surface area is 119 Å². The van der Waals surface area contributed by atoms with Crippen LogP contribution in [-0.4, -0.2) is 59.3 Å². The molecule has 3 nitrogen and oxygen atoms in total. The van der Waals surface area contributed by atoms with Crippen molar-refractivity contribution in [2.75, 3.05) is 38.5 Å². The highest BCUT2D eigenvalue weighted by atomic mass is 32.2. The summed E-state index contributed by atoms with van der Waals surface area (Å²) >= 11 is 3.64. The van der Waals surface area contributed by atoms with E-state index in [0.717, 1.165) is 0 Å². The van der Waals surface area contributed by atoms with Gasteiger partial charge in [-0.2, -0.15) is 0 Å². The van der Waals surface area contributed by atoms with Crippen molar-refractivity contribution < 1.29 is 0 Å². The first-order valence-corrected chi connectivity index (χ1v) is 8.61. The van der Waals surface area contributed by atoms with Gasteiger partial charge in [-0.25, -0.2) is 4.98 Å². The van der Waals surface area contributed by atoms with Crippen molar-refractivity contribution in [1.82, 2.24) is 14.8 Å². The number of piperazine rings is 1. The lowest BCUT2D eigenvalue weighted by Gasteiger charge is -2.36. The lowest BCUT2D eigenvalue weighted by atomic mass is 10.2. The van der Waals surface area contributed by atoms with Crippen LogP contribution in [0.5, 0.6) is 0 Å². The van der Waals surface area contributed by atoms with Gasteiger partial charge in [0.2, 0.25) is 0 Å². The highest BCUT2D eigenvalue weighted by Gasteiger charge is 2.17. The summed E-state index contributed by atoms with van der Waals surface area (Å²) in [5, 5.41) is 2.05. The molecule has 0 N–H and O–H groups in total. The zero-order chi connectivity index (χ0) is 12.8. The summed E-state index contributed by atoms with van der Waals surface area (Å²) in [6.45, 7) is 10.8. The molecule has 1 aliphatic heterocycles. The highest BCUT2D eigenvalue weighted by molar-refractivity contribution is 8.00. The quantitative estimate of drug-likeness (QED) is 0.591. The van der Waals surface area contributed by atoms with Crippen LogP contribution < -0.4 is 0 Å². The molecule has 0 unspecified atom stereocenters. The normalized spacial score (nSPS) is 18.6. The smallest absolute Gasteiger partial charge is 0.149 e. The van der Waals surface area contributed by atoms with Crippen LogP contribution in [0.2, 0.25) is 0 Å². The van der Waals surface area contributed by atoms with Crippen LogP contribution in [0.1, 0.15) is 20.3 Å². The second kappa shape index (κ2) is 7.48. The fourth-order valence-corrected chi connectivity index (χ4v) is 3.86. The Kier molecular flexibility index (Phi) is 5.95. The second-order valence-corrected chi connectivity index (χ2v) is 7.21. The molecule has 0 saturated carbocycles. The lowest BCUT2D eigenvalue weighted by molar-refractivity contribution is 0.109. The van der Waals surface area contributed by atoms with Gasteiger partial charge in [0.15, 0.2) is 0 Å². The van der Waals surface area contributed by atoms with Crippen LogP contribution in [0.15, 0.2) is 15.9 Å². The molecule has 5 heteroatoms. The molecule has 0 aromatic carbocycles. The predicted molar refractivity (Wildman–Crippen MR) is 80.6 cm³/mol. The number of thiazole rings is 1. The molecule has 0 radical (unpaired) electrons. The Balaban J connectivity index is 1.55. The number of hydrogen-bond acceptors (Lipinski definition) is 5. The van der Waals surface area contributed by atoms with Crippen molar-refractivity contribution in [1.29, 1.82) is 0 Å². The van der Waals surface area contributed by atoms with Crippen LogP contribution in [0.25, 0.3) is 0 Å². The minimum atomic E-state index is 0.701. The molecule has 0 atom stereocenters. The van der Waals surface area contributed by atoms with Gasteiger partial charge in [-0.05, 0) is 26.8 Å². The highest BCUT2D eigenvalue weighted by Crippen LogP contribution is 2.20. The third-order valence-electron chi connectivity index (χ3n) is 3.39. The molecule has 2 heterocycles. The minimum Gasteiger partial charge on any atom is -0.301 e. The molecular weight excluding hydrogens is 262 g/mol. The fraction of sp³-hybridized carbons (Fsp3) is 0.769. The van der Waals surface area contributed by atoms with Crippen molar-refractivity contribution in [3.63, 3.8) is 0 Å². The molecule has 1 aromatic heterocycles. The molecule has 0 bridgehead atoms. The van der Waals surface area contributed by atoms with Gasteiger partial charge in [0.25, 0.3) is 0 Å². The van der Waals surface area contributed by atoms with Crippen LogP contribution in [0.4, 0.5) is 0 Å². The largest absolute Gasteiger partial charge is 0.301 e. The minimum absolute atomic E-state index is 0.701. The summed E-state index contributed by atoms with van der Waals surface area (Å²) in [5.74, 6) is 1.19. The molecule has 2 rings (SSSR count). The van der Waals surface area contributed by atoms with Gasteiger partial charge in [-0.3, -0.25) is 4.90 Å². The van der Waals surface area contributed by atoms with Crippen LogP contribution >= 0.6 is 23.1 Å². The number of hydrogen-bond donors (Lipinski definition) is 0. The van der Waals surface area contributed by atoms with Crippen molar-refractivity contribution >= 4 is 23.1 Å². The maximum Gasteiger partial charge on any atom is 0.149 e. The Morgan fingerprint density at radius 2 is 2.11 bits per heavy atom. The number of aromatic nitrogens is 1. The first-order chi connectivity index (χ1) is 8.75. The van der Waals surface area contributed by atoms with Gasteiger partial charge < -0.3 is 4.90 Å². The van der Waals surface area contributed by atoms with E-state index in [9.17, 15) is 0 Å². The first-order valence-electron chi connectivity index (χ1n) is 6.74. The molecule has 1 aliphatic rings. The van der Waals surface area contributed by atoms with Crippen molar-refractivity contribution in [3.8, 4) is 0 Å². The van der Waals surface area contributed by atoms with E-state index in [1.165, 1.54) is 49.2 Å². The lowest BCUT2D eigenvalue weighted by Crippen LogP contribution is -2.48. The monoisotopic (exact) mass is 285 g/mol. The van der Waals surface area contributed by atoms with E-state index in [0.29, 0.717) is 6.04 Å². The molecule has 1 saturated heterocycles. The number of nitrogens with zero attached hydrogens (tertiary/aromatic N) is 3. The Morgan fingerprint density at radius 1 is 1.33 bits per heavy atom. The van der Waals surface area contributed by atoms with Crippen molar-refractivity contribution in [3.05, 3.63) is 11.6 Å². The predicted octanol–water partition coefficient (Wildman–Crippen LogP) is 2.65. The molecule has 1 aromatic rings. The van der Waals surface area contributed by atoms with Gasteiger partial charge >= 0.3 is 0 Å². The fourth-order valence-electron chi connectivity index (χ4n) is 2.23. The molecule has 0 aliphatic carbocycles. The molecular formula is C13H23N3S2. The third kappa shape index (κ3) is 4.53. The van der Waals surface area contributed by atoms with Crippen LogP contribution in [-0.2, 0) is 0 Å². The second-order valence-electron chi connectivity index (χ2n) is 4.97. The number of thioether (sulfide) groups is 1. The Morgan fingerprint density at radius 3 is 2.72 bits per heavy atom. The zero-order valence-electron chi connectivity index (χ0n) is 11.3. The SMILES string of the molecule is CC(C)N1CCN(CCCSc2nccs2)CC1. The molecule has 18 heavy (non-hydrogen) atoms. The van der Waals surface area contributed by atoms with E-state index in [-0.39, 0.29) is 0 Å². The number of rotatable bonds is 6. The summed E-state index contributed by atoms with van der Waals surface area (Å²) in [6, 6.07) is 0.701. The topological polar surface area (TPSA) is 19.4 Å². The standard InChI is InChI=1S/C13H23N3S2/c1-12(2)16-8-6-15(7-9-16)5-3-10-17-13-14-4-11-18-13/h4,11-12H,3,5-10H2,1-2H3. The van der Waals surface area contributed by atoms with E-state index in [1.54, 1.807) is 11.3 Å². The van der Waals surface area contributed by atoms with Crippen LogP contribution in [0.3, 0.4) is 0 Å². The van der Waals surface area contributed by atoms with Gasteiger partial charge in [0, 0.05) is 49.6 Å². The Bertz CT molecular complexity index is 319. The van der Waals surface area contributed by atoms with Gasteiger partial charge in [-0.1, -0.05) is 11.8 Å². The van der Waals surface area contributed by atoms with Crippen molar-refractivity contribution in [2.24, 2.45) is 0 Å². The average molecular weight is 285 g/mol. The summed E-state index contributed by atoms with van der Waals surface area (Å²) in [6.07, 6.45) is 3.16. The Hall–Kier alpha value is -0.100. The molecule has 102 valence electrons. The van der Waals surface area contributed by atoms with Gasteiger partial charge in [0.05, 0.1) is 0 Å². The average Bonchev–Trinajstić information content (AvgIpc) is 2.88. The van der Waals surface area contributed by atoms with Gasteiger partial charge in [-0.15, -0.1) is 11.3 Å². The van der Waals surface area contributed by atoms with Crippen LogP contribution in [0, 0.1) is 0 Å². The third-order valence-corrected chi connectivity index (χ3v) is 5.44. The maximum atomic E-state index is 4.29. The van der Waals surface area contributed by atoms with E-state index in [2.05, 4.69) is 28.6 Å². The van der Waals surface area contributed by atoms with Gasteiger partial charge in [0.1, 0.15) is 4.34 Å². The summed E-state index contributed by atoms with van der Waals surface area (Å²) in [7, 11) is 0. The first kappa shape index (κ1) is 14.3. The summed E-state index contributed by atoms with van der Waals surface area (Å²) < 4.78 is 1.21. The zero-order valence-corrected chi connectivity index (χ0v) is 13.0. The molecule has 1 fully saturated rings. The van der Waals surface area contributed by atoms with E-state index in [1.807, 2.05) is 23.3 Å². The molecule has 0 amide bonds. The molecule has 0 spiro atoms.